The Bertz CT molecular complexity index is 1310. The Balaban J connectivity index is 1.32. The van der Waals surface area contributed by atoms with Crippen LogP contribution in [0.4, 0.5) is 4.79 Å². The quantitative estimate of drug-likeness (QED) is 0.394. The maximum Gasteiger partial charge on any atom is 0.408 e. The van der Waals surface area contributed by atoms with E-state index in [1.54, 1.807) is 24.3 Å². The van der Waals surface area contributed by atoms with Gasteiger partial charge in [0.25, 0.3) is 5.91 Å². The SMILES string of the molecule is CC(C)CC(NC(=O)OCc1ccccc1)C(=O)N1CC(=O)C(NC(=O)c2ccc(Oc3ccccc3)cc2)C1. The number of amides is 3. The largest absolute Gasteiger partial charge is 0.457 e. The topological polar surface area (TPSA) is 114 Å². The van der Waals surface area contributed by atoms with E-state index >= 15 is 0 Å². The van der Waals surface area contributed by atoms with Gasteiger partial charge in [-0.2, -0.15) is 0 Å². The fourth-order valence-corrected chi connectivity index (χ4v) is 4.34. The first-order valence-electron chi connectivity index (χ1n) is 13.2. The summed E-state index contributed by atoms with van der Waals surface area (Å²) in [4.78, 5) is 52.6. The van der Waals surface area contributed by atoms with E-state index in [0.29, 0.717) is 23.5 Å². The van der Waals surface area contributed by atoms with Crippen LogP contribution in [0.3, 0.4) is 0 Å². The van der Waals surface area contributed by atoms with Gasteiger partial charge in [0.1, 0.15) is 30.2 Å². The predicted octanol–water partition coefficient (Wildman–Crippen LogP) is 4.33. The molecule has 1 fully saturated rings. The van der Waals surface area contributed by atoms with Crippen molar-refractivity contribution in [3.63, 3.8) is 0 Å². The number of likely N-dealkylation sites (tertiary alicyclic amines) is 1. The first kappa shape index (κ1) is 28.4. The van der Waals surface area contributed by atoms with Gasteiger partial charge >= 0.3 is 6.09 Å². The smallest absolute Gasteiger partial charge is 0.408 e. The molecule has 1 aliphatic rings. The molecule has 9 nitrogen and oxygen atoms in total. The van der Waals surface area contributed by atoms with E-state index in [4.69, 9.17) is 9.47 Å². The molecule has 208 valence electrons. The highest BCUT2D eigenvalue weighted by Gasteiger charge is 2.38. The van der Waals surface area contributed by atoms with Crippen molar-refractivity contribution in [1.29, 1.82) is 0 Å². The van der Waals surface area contributed by atoms with Crippen molar-refractivity contribution in [2.45, 2.75) is 39.0 Å². The number of carbonyl (C=O) groups is 4. The molecule has 1 heterocycles. The molecule has 0 aromatic heterocycles. The molecule has 0 aliphatic carbocycles. The molecule has 0 bridgehead atoms. The van der Waals surface area contributed by atoms with Gasteiger partial charge in [0.2, 0.25) is 5.91 Å². The van der Waals surface area contributed by atoms with Crippen molar-refractivity contribution in [1.82, 2.24) is 15.5 Å². The Morgan fingerprint density at radius 1 is 0.900 bits per heavy atom. The lowest BCUT2D eigenvalue weighted by Gasteiger charge is -2.25. The maximum atomic E-state index is 13.3. The number of hydrogen-bond acceptors (Lipinski definition) is 6. The van der Waals surface area contributed by atoms with Crippen molar-refractivity contribution in [2.24, 2.45) is 5.92 Å². The zero-order valence-corrected chi connectivity index (χ0v) is 22.5. The molecule has 3 amide bonds. The molecule has 40 heavy (non-hydrogen) atoms. The minimum absolute atomic E-state index is 0.0218. The number of carbonyl (C=O) groups excluding carboxylic acids is 4. The van der Waals surface area contributed by atoms with Gasteiger partial charge in [0.05, 0.1) is 6.54 Å². The Kier molecular flexibility index (Phi) is 9.51. The third kappa shape index (κ3) is 7.92. The standard InChI is InChI=1S/C31H33N3O6/c1-21(2)17-26(33-31(38)39-20-22-9-5-3-6-10-22)30(37)34-18-27(28(35)19-34)32-29(36)23-13-15-25(16-14-23)40-24-11-7-4-8-12-24/h3-16,21,26-27H,17-20H2,1-2H3,(H,32,36)(H,33,38). The summed E-state index contributed by atoms with van der Waals surface area (Å²) >= 11 is 0. The number of Topliss-reactive ketones (excluding diaryl/α,β-unsaturated/α-hetero) is 1. The number of nitrogens with zero attached hydrogens (tertiary/aromatic N) is 1. The second-order valence-electron chi connectivity index (χ2n) is 10.0. The summed E-state index contributed by atoms with van der Waals surface area (Å²) in [7, 11) is 0. The number of ketones is 1. The van der Waals surface area contributed by atoms with Crippen LogP contribution in [-0.4, -0.2) is 53.8 Å². The van der Waals surface area contributed by atoms with Gasteiger partial charge in [-0.15, -0.1) is 0 Å². The van der Waals surface area contributed by atoms with Crippen LogP contribution >= 0.6 is 0 Å². The fourth-order valence-electron chi connectivity index (χ4n) is 4.34. The third-order valence-corrected chi connectivity index (χ3v) is 6.36. The Labute approximate surface area is 233 Å². The number of ether oxygens (including phenoxy) is 2. The summed E-state index contributed by atoms with van der Waals surface area (Å²) in [6.07, 6.45) is -0.337. The van der Waals surface area contributed by atoms with Crippen LogP contribution in [0.5, 0.6) is 11.5 Å². The summed E-state index contributed by atoms with van der Waals surface area (Å²) in [6.45, 7) is 3.82. The number of nitrogens with one attached hydrogen (secondary N) is 2. The van der Waals surface area contributed by atoms with Crippen LogP contribution in [0.2, 0.25) is 0 Å². The number of benzene rings is 3. The second-order valence-corrected chi connectivity index (χ2v) is 10.0. The van der Waals surface area contributed by atoms with Gasteiger partial charge in [-0.25, -0.2) is 4.79 Å². The zero-order valence-electron chi connectivity index (χ0n) is 22.5. The lowest BCUT2D eigenvalue weighted by Crippen LogP contribution is -2.49. The van der Waals surface area contributed by atoms with Crippen molar-refractivity contribution >= 4 is 23.7 Å². The molecular formula is C31H33N3O6. The highest BCUT2D eigenvalue weighted by atomic mass is 16.5. The maximum absolute atomic E-state index is 13.3. The van der Waals surface area contributed by atoms with Crippen LogP contribution in [0.25, 0.3) is 0 Å². The molecule has 1 aliphatic heterocycles. The lowest BCUT2D eigenvalue weighted by molar-refractivity contribution is -0.134. The molecule has 4 rings (SSSR count). The van der Waals surface area contributed by atoms with E-state index < -0.39 is 30.0 Å². The Morgan fingerprint density at radius 2 is 1.52 bits per heavy atom. The van der Waals surface area contributed by atoms with Crippen LogP contribution in [0.15, 0.2) is 84.9 Å². The van der Waals surface area contributed by atoms with E-state index in [0.717, 1.165) is 5.56 Å². The van der Waals surface area contributed by atoms with Gasteiger partial charge < -0.3 is 25.0 Å². The number of alkyl carbamates (subject to hydrolysis) is 1. The zero-order chi connectivity index (χ0) is 28.5. The molecule has 0 radical (unpaired) electrons. The van der Waals surface area contributed by atoms with E-state index in [1.807, 2.05) is 74.5 Å². The normalized spacial score (nSPS) is 15.4. The first-order chi connectivity index (χ1) is 19.3. The number of para-hydroxylation sites is 1. The van der Waals surface area contributed by atoms with Crippen molar-refractivity contribution < 1.29 is 28.7 Å². The summed E-state index contributed by atoms with van der Waals surface area (Å²) in [6, 6.07) is 23.4. The molecule has 0 spiro atoms. The molecular weight excluding hydrogens is 510 g/mol. The van der Waals surface area contributed by atoms with Gasteiger partial charge in [-0.05, 0) is 54.3 Å². The summed E-state index contributed by atoms with van der Waals surface area (Å²) in [5.41, 5.74) is 1.19. The third-order valence-electron chi connectivity index (χ3n) is 6.36. The van der Waals surface area contributed by atoms with Gasteiger partial charge in [-0.3, -0.25) is 14.4 Å². The van der Waals surface area contributed by atoms with Crippen molar-refractivity contribution in [2.75, 3.05) is 13.1 Å². The first-order valence-corrected chi connectivity index (χ1v) is 13.2. The van der Waals surface area contributed by atoms with Crippen LogP contribution < -0.4 is 15.4 Å². The molecule has 9 heteroatoms. The summed E-state index contributed by atoms with van der Waals surface area (Å²) in [5.74, 6) is 0.253. The predicted molar refractivity (Wildman–Crippen MR) is 149 cm³/mol. The summed E-state index contributed by atoms with van der Waals surface area (Å²) in [5, 5.41) is 5.37. The highest BCUT2D eigenvalue weighted by molar-refractivity contribution is 6.01. The van der Waals surface area contributed by atoms with E-state index in [9.17, 15) is 19.2 Å². The molecule has 2 unspecified atom stereocenters. The molecule has 2 N–H and O–H groups in total. The van der Waals surface area contributed by atoms with Crippen LogP contribution in [-0.2, 0) is 20.9 Å². The number of hydrogen-bond donors (Lipinski definition) is 2. The molecule has 0 saturated carbocycles. The van der Waals surface area contributed by atoms with E-state index in [1.165, 1.54) is 4.90 Å². The molecule has 3 aromatic carbocycles. The molecule has 3 aromatic rings. The van der Waals surface area contributed by atoms with Crippen molar-refractivity contribution in [3.8, 4) is 11.5 Å². The van der Waals surface area contributed by atoms with Crippen LogP contribution in [0.1, 0.15) is 36.2 Å². The summed E-state index contributed by atoms with van der Waals surface area (Å²) < 4.78 is 11.0. The Morgan fingerprint density at radius 3 is 2.17 bits per heavy atom. The van der Waals surface area contributed by atoms with Crippen molar-refractivity contribution in [3.05, 3.63) is 96.1 Å². The van der Waals surface area contributed by atoms with Gasteiger partial charge in [-0.1, -0.05) is 62.4 Å². The fraction of sp³-hybridized carbons (Fsp3) is 0.290. The highest BCUT2D eigenvalue weighted by Crippen LogP contribution is 2.21. The second kappa shape index (κ2) is 13.4. The molecule has 1 saturated heterocycles. The average Bonchev–Trinajstić information content (AvgIpc) is 3.32. The van der Waals surface area contributed by atoms with Crippen LogP contribution in [0, 0.1) is 5.92 Å². The van der Waals surface area contributed by atoms with Gasteiger partial charge in [0.15, 0.2) is 5.78 Å². The minimum Gasteiger partial charge on any atom is -0.457 e. The minimum atomic E-state index is -0.859. The monoisotopic (exact) mass is 543 g/mol. The molecule has 2 atom stereocenters. The van der Waals surface area contributed by atoms with Gasteiger partial charge in [0, 0.05) is 12.1 Å². The van der Waals surface area contributed by atoms with E-state index in [2.05, 4.69) is 10.6 Å². The van der Waals surface area contributed by atoms with E-state index in [-0.39, 0.29) is 31.4 Å². The Hall–Kier alpha value is -4.66. The number of rotatable bonds is 10. The lowest BCUT2D eigenvalue weighted by atomic mass is 10.0. The average molecular weight is 544 g/mol.